The minimum absolute atomic E-state index is 0.145. The minimum atomic E-state index is -0.863. The number of nitro groups is 1. The van der Waals surface area contributed by atoms with Gasteiger partial charge in [0.1, 0.15) is 0 Å². The van der Waals surface area contributed by atoms with E-state index in [0.717, 1.165) is 6.07 Å². The molecule has 2 rings (SSSR count). The molecular weight excluding hydrogens is 189 g/mol. The first kappa shape index (κ1) is 8.80. The number of ketones is 1. The number of halogens is 1. The van der Waals surface area contributed by atoms with Gasteiger partial charge < -0.3 is 0 Å². The van der Waals surface area contributed by atoms with Crippen LogP contribution in [0.3, 0.4) is 0 Å². The van der Waals surface area contributed by atoms with E-state index in [9.17, 15) is 19.3 Å². The summed E-state index contributed by atoms with van der Waals surface area (Å²) in [6, 6.07) is 2.36. The summed E-state index contributed by atoms with van der Waals surface area (Å²) in [6.07, 6.45) is 0.509. The normalized spacial score (nSPS) is 14.2. The van der Waals surface area contributed by atoms with Gasteiger partial charge in [-0.2, -0.15) is 4.39 Å². The summed E-state index contributed by atoms with van der Waals surface area (Å²) in [5.74, 6) is -1.01. The fourth-order valence-corrected chi connectivity index (χ4v) is 1.63. The van der Waals surface area contributed by atoms with Gasteiger partial charge in [0.2, 0.25) is 5.82 Å². The van der Waals surface area contributed by atoms with Crippen molar-refractivity contribution in [1.29, 1.82) is 0 Å². The second kappa shape index (κ2) is 2.87. The molecule has 1 aliphatic carbocycles. The van der Waals surface area contributed by atoms with Crippen LogP contribution in [0.2, 0.25) is 0 Å². The number of benzene rings is 1. The van der Waals surface area contributed by atoms with Crippen LogP contribution in [0.5, 0.6) is 0 Å². The lowest BCUT2D eigenvalue weighted by Crippen LogP contribution is -1.98. The molecule has 0 saturated heterocycles. The fraction of sp³-hybridized carbons (Fsp3) is 0.222. The quantitative estimate of drug-likeness (QED) is 0.507. The number of carbonyl (C=O) groups excluding carboxylic acids is 1. The number of hydrogen-bond acceptors (Lipinski definition) is 3. The summed E-state index contributed by atoms with van der Waals surface area (Å²) in [5.41, 5.74) is -0.0873. The molecule has 0 saturated carbocycles. The zero-order chi connectivity index (χ0) is 10.3. The predicted octanol–water partition coefficient (Wildman–Crippen LogP) is 1.86. The Morgan fingerprint density at radius 3 is 2.71 bits per heavy atom. The van der Waals surface area contributed by atoms with E-state index < -0.39 is 16.4 Å². The Morgan fingerprint density at radius 1 is 1.36 bits per heavy atom. The SMILES string of the molecule is O=C1CCc2c1ccc([N+](=O)[O-])c2F. The summed E-state index contributed by atoms with van der Waals surface area (Å²) in [7, 11) is 0. The molecule has 0 amide bonds. The third-order valence-corrected chi connectivity index (χ3v) is 2.32. The Morgan fingerprint density at radius 2 is 2.07 bits per heavy atom. The van der Waals surface area contributed by atoms with Crippen LogP contribution in [0, 0.1) is 15.9 Å². The van der Waals surface area contributed by atoms with Crippen LogP contribution in [0.4, 0.5) is 10.1 Å². The lowest BCUT2D eigenvalue weighted by molar-refractivity contribution is -0.387. The Kier molecular flexibility index (Phi) is 1.80. The lowest BCUT2D eigenvalue weighted by atomic mass is 10.1. The molecule has 72 valence electrons. The zero-order valence-corrected chi connectivity index (χ0v) is 7.12. The number of fused-ring (bicyclic) bond motifs is 1. The van der Waals surface area contributed by atoms with E-state index in [4.69, 9.17) is 0 Å². The van der Waals surface area contributed by atoms with Crippen molar-refractivity contribution in [2.45, 2.75) is 12.8 Å². The van der Waals surface area contributed by atoms with Gasteiger partial charge in [-0.25, -0.2) is 0 Å². The van der Waals surface area contributed by atoms with E-state index in [0.29, 0.717) is 0 Å². The van der Waals surface area contributed by atoms with Crippen molar-refractivity contribution in [1.82, 2.24) is 0 Å². The van der Waals surface area contributed by atoms with Gasteiger partial charge in [0, 0.05) is 23.6 Å². The maximum atomic E-state index is 13.4. The highest BCUT2D eigenvalue weighted by Gasteiger charge is 2.28. The fourth-order valence-electron chi connectivity index (χ4n) is 1.63. The smallest absolute Gasteiger partial charge is 0.294 e. The third-order valence-electron chi connectivity index (χ3n) is 2.32. The van der Waals surface area contributed by atoms with Gasteiger partial charge in [-0.05, 0) is 12.5 Å². The summed E-state index contributed by atoms with van der Waals surface area (Å²) in [5, 5.41) is 10.4. The van der Waals surface area contributed by atoms with Crippen molar-refractivity contribution in [3.8, 4) is 0 Å². The highest BCUT2D eigenvalue weighted by Crippen LogP contribution is 2.29. The lowest BCUT2D eigenvalue weighted by Gasteiger charge is -1.99. The molecule has 0 aromatic heterocycles. The van der Waals surface area contributed by atoms with Crippen LogP contribution in [0.25, 0.3) is 0 Å². The van der Waals surface area contributed by atoms with Crippen LogP contribution in [0.15, 0.2) is 12.1 Å². The van der Waals surface area contributed by atoms with E-state index in [1.54, 1.807) is 0 Å². The number of carbonyl (C=O) groups is 1. The molecule has 0 radical (unpaired) electrons. The van der Waals surface area contributed by atoms with Crippen LogP contribution >= 0.6 is 0 Å². The molecular formula is C9H6FNO3. The van der Waals surface area contributed by atoms with E-state index in [1.165, 1.54) is 6.07 Å². The van der Waals surface area contributed by atoms with E-state index >= 15 is 0 Å². The molecule has 1 aliphatic rings. The molecule has 0 N–H and O–H groups in total. The monoisotopic (exact) mass is 195 g/mol. The Bertz CT molecular complexity index is 442. The van der Waals surface area contributed by atoms with Gasteiger partial charge in [0.25, 0.3) is 0 Å². The molecule has 1 aromatic rings. The summed E-state index contributed by atoms with van der Waals surface area (Å²) >= 11 is 0. The van der Waals surface area contributed by atoms with Crippen molar-refractivity contribution in [3.63, 3.8) is 0 Å². The van der Waals surface area contributed by atoms with Crippen LogP contribution in [0.1, 0.15) is 22.3 Å². The molecule has 0 heterocycles. The highest BCUT2D eigenvalue weighted by atomic mass is 19.1. The van der Waals surface area contributed by atoms with Crippen molar-refractivity contribution >= 4 is 11.5 Å². The van der Waals surface area contributed by atoms with Crippen molar-refractivity contribution < 1.29 is 14.1 Å². The molecule has 0 aliphatic heterocycles. The summed E-state index contributed by atoms with van der Waals surface area (Å²) in [4.78, 5) is 20.8. The van der Waals surface area contributed by atoms with Gasteiger partial charge in [-0.3, -0.25) is 14.9 Å². The van der Waals surface area contributed by atoms with Crippen molar-refractivity contribution in [2.75, 3.05) is 0 Å². The van der Waals surface area contributed by atoms with Crippen LogP contribution < -0.4 is 0 Å². The molecule has 0 bridgehead atoms. The second-order valence-corrected chi connectivity index (χ2v) is 3.11. The van der Waals surface area contributed by atoms with Gasteiger partial charge in [0.15, 0.2) is 5.78 Å². The summed E-state index contributed by atoms with van der Waals surface area (Å²) < 4.78 is 13.4. The molecule has 0 fully saturated rings. The molecule has 0 spiro atoms. The molecule has 5 heteroatoms. The Labute approximate surface area is 78.5 Å². The maximum Gasteiger partial charge on any atom is 0.305 e. The van der Waals surface area contributed by atoms with E-state index in [1.807, 2.05) is 0 Å². The van der Waals surface area contributed by atoms with Gasteiger partial charge >= 0.3 is 5.69 Å². The van der Waals surface area contributed by atoms with E-state index in [-0.39, 0.29) is 29.8 Å². The van der Waals surface area contributed by atoms with Crippen molar-refractivity contribution in [3.05, 3.63) is 39.2 Å². The number of nitro benzene ring substituents is 1. The first-order valence-electron chi connectivity index (χ1n) is 4.10. The second-order valence-electron chi connectivity index (χ2n) is 3.11. The number of rotatable bonds is 1. The number of Topliss-reactive ketones (excluding diaryl/α,β-unsaturated/α-hetero) is 1. The average molecular weight is 195 g/mol. The highest BCUT2D eigenvalue weighted by molar-refractivity contribution is 6.00. The number of nitrogens with zero attached hydrogens (tertiary/aromatic N) is 1. The number of hydrogen-bond donors (Lipinski definition) is 0. The standard InChI is InChI=1S/C9H6FNO3/c10-9-6-2-4-8(12)5(6)1-3-7(9)11(13)14/h1,3H,2,4H2. The first-order valence-corrected chi connectivity index (χ1v) is 4.10. The Balaban J connectivity index is 2.64. The predicted molar refractivity (Wildman–Crippen MR) is 45.7 cm³/mol. The first-order chi connectivity index (χ1) is 6.61. The van der Waals surface area contributed by atoms with Gasteiger partial charge in [0.05, 0.1) is 4.92 Å². The topological polar surface area (TPSA) is 60.2 Å². The van der Waals surface area contributed by atoms with Gasteiger partial charge in [-0.1, -0.05) is 0 Å². The third kappa shape index (κ3) is 1.09. The minimum Gasteiger partial charge on any atom is -0.294 e. The molecule has 4 nitrogen and oxygen atoms in total. The average Bonchev–Trinajstić information content (AvgIpc) is 2.49. The molecule has 0 atom stereocenters. The van der Waals surface area contributed by atoms with Crippen molar-refractivity contribution in [2.24, 2.45) is 0 Å². The Hall–Kier alpha value is -1.78. The molecule has 0 unspecified atom stereocenters. The zero-order valence-electron chi connectivity index (χ0n) is 7.12. The maximum absolute atomic E-state index is 13.4. The largest absolute Gasteiger partial charge is 0.305 e. The van der Waals surface area contributed by atoms with Gasteiger partial charge in [-0.15, -0.1) is 0 Å². The van der Waals surface area contributed by atoms with Crippen LogP contribution in [-0.4, -0.2) is 10.7 Å². The summed E-state index contributed by atoms with van der Waals surface area (Å²) in [6.45, 7) is 0. The van der Waals surface area contributed by atoms with Crippen LogP contribution in [-0.2, 0) is 6.42 Å². The molecule has 14 heavy (non-hydrogen) atoms. The van der Waals surface area contributed by atoms with E-state index in [2.05, 4.69) is 0 Å². The molecule has 1 aromatic carbocycles.